The zero-order valence-electron chi connectivity index (χ0n) is 17.9. The summed E-state index contributed by atoms with van der Waals surface area (Å²) in [4.78, 5) is 38.9. The van der Waals surface area contributed by atoms with E-state index in [1.54, 1.807) is 19.9 Å². The van der Waals surface area contributed by atoms with Gasteiger partial charge < -0.3 is 19.5 Å². The highest BCUT2D eigenvalue weighted by atomic mass is 16.5. The summed E-state index contributed by atoms with van der Waals surface area (Å²) >= 11 is 0. The van der Waals surface area contributed by atoms with E-state index in [0.717, 1.165) is 0 Å². The van der Waals surface area contributed by atoms with Crippen molar-refractivity contribution in [2.75, 3.05) is 20.8 Å². The van der Waals surface area contributed by atoms with Crippen LogP contribution in [0.2, 0.25) is 0 Å². The second kappa shape index (κ2) is 8.73. The van der Waals surface area contributed by atoms with E-state index < -0.39 is 23.8 Å². The lowest BCUT2D eigenvalue weighted by molar-refractivity contribution is -0.151. The fourth-order valence-electron chi connectivity index (χ4n) is 4.38. The molecular formula is C23H27NO6. The molecule has 1 aliphatic carbocycles. The molecular weight excluding hydrogens is 386 g/mol. The van der Waals surface area contributed by atoms with Gasteiger partial charge in [0.1, 0.15) is 11.7 Å². The predicted octanol–water partition coefficient (Wildman–Crippen LogP) is 2.87. The van der Waals surface area contributed by atoms with Crippen molar-refractivity contribution in [2.24, 2.45) is 11.8 Å². The van der Waals surface area contributed by atoms with Crippen LogP contribution < -0.4 is 10.1 Å². The molecule has 2 aliphatic rings. The Hall–Kier alpha value is -3.09. The number of nitrogens with one attached hydrogen (secondary N) is 1. The first kappa shape index (κ1) is 21.6. The van der Waals surface area contributed by atoms with Crippen LogP contribution in [0, 0.1) is 11.8 Å². The first-order chi connectivity index (χ1) is 14.3. The van der Waals surface area contributed by atoms with Gasteiger partial charge >= 0.3 is 11.9 Å². The standard InChI is InChI=1S/C23H27NO6/c1-6-30-23(27)18-13(3)24-15-11-12(2)17(22(26)29-5)21(25)20(15)19(18)14-9-7-8-10-16(14)28-4/h7-10,12,17,19,24H,6,11H2,1-5H3/t12-,17-,19+/m1/s1. The van der Waals surface area contributed by atoms with Crippen molar-refractivity contribution in [3.05, 3.63) is 52.4 Å². The van der Waals surface area contributed by atoms with Crippen molar-refractivity contribution >= 4 is 17.7 Å². The Bertz CT molecular complexity index is 945. The fourth-order valence-corrected chi connectivity index (χ4v) is 4.38. The van der Waals surface area contributed by atoms with Crippen molar-refractivity contribution in [3.8, 4) is 5.75 Å². The third-order valence-electron chi connectivity index (χ3n) is 5.69. The van der Waals surface area contributed by atoms with Gasteiger partial charge in [0.15, 0.2) is 5.78 Å². The normalized spacial score (nSPS) is 23.5. The van der Waals surface area contributed by atoms with Crippen molar-refractivity contribution < 1.29 is 28.6 Å². The van der Waals surface area contributed by atoms with E-state index in [4.69, 9.17) is 14.2 Å². The Morgan fingerprint density at radius 2 is 1.90 bits per heavy atom. The Morgan fingerprint density at radius 1 is 1.20 bits per heavy atom. The molecule has 160 valence electrons. The van der Waals surface area contributed by atoms with E-state index in [0.29, 0.717) is 40.3 Å². The molecule has 7 heteroatoms. The Balaban J connectivity index is 2.23. The maximum absolute atomic E-state index is 13.6. The largest absolute Gasteiger partial charge is 0.496 e. The smallest absolute Gasteiger partial charge is 0.336 e. The molecule has 1 N–H and O–H groups in total. The number of benzene rings is 1. The molecule has 3 atom stereocenters. The number of carbonyl (C=O) groups is 3. The molecule has 7 nitrogen and oxygen atoms in total. The Morgan fingerprint density at radius 3 is 2.53 bits per heavy atom. The van der Waals surface area contributed by atoms with E-state index in [1.807, 2.05) is 25.1 Å². The molecule has 0 bridgehead atoms. The van der Waals surface area contributed by atoms with Gasteiger partial charge in [-0.05, 0) is 32.3 Å². The minimum absolute atomic E-state index is 0.204. The van der Waals surface area contributed by atoms with Crippen LogP contribution in [-0.2, 0) is 23.9 Å². The number of rotatable bonds is 5. The maximum atomic E-state index is 13.6. The molecule has 0 aromatic heterocycles. The number of para-hydroxylation sites is 1. The number of esters is 2. The molecule has 0 fully saturated rings. The monoisotopic (exact) mass is 413 g/mol. The molecule has 0 saturated carbocycles. The van der Waals surface area contributed by atoms with Crippen LogP contribution in [0.25, 0.3) is 0 Å². The highest BCUT2D eigenvalue weighted by molar-refractivity contribution is 6.12. The number of Topliss-reactive ketones (excluding diaryl/α,β-unsaturated/α-hetero) is 1. The number of ketones is 1. The van der Waals surface area contributed by atoms with Gasteiger partial charge in [-0.25, -0.2) is 4.79 Å². The molecule has 1 aliphatic heterocycles. The second-order valence-electron chi connectivity index (χ2n) is 7.50. The van der Waals surface area contributed by atoms with Crippen LogP contribution in [0.4, 0.5) is 0 Å². The van der Waals surface area contributed by atoms with Gasteiger partial charge in [-0.2, -0.15) is 0 Å². The third kappa shape index (κ3) is 3.60. The summed E-state index contributed by atoms with van der Waals surface area (Å²) < 4.78 is 15.7. The minimum Gasteiger partial charge on any atom is -0.496 e. The highest BCUT2D eigenvalue weighted by Gasteiger charge is 2.47. The van der Waals surface area contributed by atoms with Gasteiger partial charge in [0, 0.05) is 22.5 Å². The van der Waals surface area contributed by atoms with Crippen LogP contribution in [-0.4, -0.2) is 38.5 Å². The highest BCUT2D eigenvalue weighted by Crippen LogP contribution is 2.47. The van der Waals surface area contributed by atoms with E-state index in [9.17, 15) is 14.4 Å². The van der Waals surface area contributed by atoms with Crippen molar-refractivity contribution in [1.29, 1.82) is 0 Å². The van der Waals surface area contributed by atoms with Crippen molar-refractivity contribution in [3.63, 3.8) is 0 Å². The minimum atomic E-state index is -0.922. The quantitative estimate of drug-likeness (QED) is 0.586. The molecule has 1 heterocycles. The van der Waals surface area contributed by atoms with Gasteiger partial charge in [-0.15, -0.1) is 0 Å². The van der Waals surface area contributed by atoms with Crippen LogP contribution in [0.3, 0.4) is 0 Å². The number of methoxy groups -OCH3 is 2. The first-order valence-corrected chi connectivity index (χ1v) is 9.98. The summed E-state index contributed by atoms with van der Waals surface area (Å²) in [7, 11) is 2.81. The van der Waals surface area contributed by atoms with Crippen molar-refractivity contribution in [1.82, 2.24) is 5.32 Å². The van der Waals surface area contributed by atoms with E-state index >= 15 is 0 Å². The van der Waals surface area contributed by atoms with Gasteiger partial charge in [-0.1, -0.05) is 25.1 Å². The molecule has 0 unspecified atom stereocenters. The number of hydrogen-bond acceptors (Lipinski definition) is 7. The zero-order chi connectivity index (χ0) is 22.0. The number of allylic oxidation sites excluding steroid dienone is 3. The van der Waals surface area contributed by atoms with Crippen LogP contribution in [0.15, 0.2) is 46.8 Å². The van der Waals surface area contributed by atoms with Crippen LogP contribution in [0.5, 0.6) is 5.75 Å². The third-order valence-corrected chi connectivity index (χ3v) is 5.69. The average Bonchev–Trinajstić information content (AvgIpc) is 2.72. The molecule has 0 amide bonds. The molecule has 0 spiro atoms. The molecule has 30 heavy (non-hydrogen) atoms. The topological polar surface area (TPSA) is 90.9 Å². The summed E-state index contributed by atoms with van der Waals surface area (Å²) in [6.07, 6.45) is 0.486. The Labute approximate surface area is 176 Å². The maximum Gasteiger partial charge on any atom is 0.336 e. The average molecular weight is 413 g/mol. The number of hydrogen-bond donors (Lipinski definition) is 1. The Kier molecular flexibility index (Phi) is 6.29. The molecule has 0 saturated heterocycles. The summed E-state index contributed by atoms with van der Waals surface area (Å²) in [6, 6.07) is 7.25. The molecule has 1 aromatic rings. The van der Waals surface area contributed by atoms with Gasteiger partial charge in [0.25, 0.3) is 0 Å². The SMILES string of the molecule is CCOC(=O)C1=C(C)NC2=C(C(=O)[C@H](C(=O)OC)[C@H](C)C2)[C@H]1c1ccccc1OC. The number of ether oxygens (including phenoxy) is 3. The van der Waals surface area contributed by atoms with E-state index in [1.165, 1.54) is 14.2 Å². The number of carbonyl (C=O) groups excluding carboxylic acids is 3. The molecule has 1 aromatic carbocycles. The molecule has 0 radical (unpaired) electrons. The summed E-state index contributed by atoms with van der Waals surface area (Å²) in [5.74, 6) is -2.72. The van der Waals surface area contributed by atoms with Gasteiger partial charge in [0.2, 0.25) is 0 Å². The zero-order valence-corrected chi connectivity index (χ0v) is 17.9. The van der Waals surface area contributed by atoms with Crippen molar-refractivity contribution in [2.45, 2.75) is 33.1 Å². The van der Waals surface area contributed by atoms with Crippen LogP contribution in [0.1, 0.15) is 38.7 Å². The summed E-state index contributed by atoms with van der Waals surface area (Å²) in [5, 5.41) is 3.23. The summed E-state index contributed by atoms with van der Waals surface area (Å²) in [6.45, 7) is 5.58. The summed E-state index contributed by atoms with van der Waals surface area (Å²) in [5.41, 5.74) is 2.74. The first-order valence-electron chi connectivity index (χ1n) is 9.98. The van der Waals surface area contributed by atoms with Crippen LogP contribution >= 0.6 is 0 Å². The lowest BCUT2D eigenvalue weighted by Crippen LogP contribution is -2.43. The molecule has 3 rings (SSSR count). The van der Waals surface area contributed by atoms with E-state index in [-0.39, 0.29) is 18.3 Å². The lowest BCUT2D eigenvalue weighted by Gasteiger charge is -2.38. The lowest BCUT2D eigenvalue weighted by atomic mass is 9.69. The fraction of sp³-hybridized carbons (Fsp3) is 0.435. The van der Waals surface area contributed by atoms with E-state index in [2.05, 4.69) is 5.32 Å². The van der Waals surface area contributed by atoms with Gasteiger partial charge in [-0.3, -0.25) is 9.59 Å². The predicted molar refractivity (Wildman–Crippen MR) is 110 cm³/mol. The number of dihydropyridines is 1. The second-order valence-corrected chi connectivity index (χ2v) is 7.50. The van der Waals surface area contributed by atoms with Gasteiger partial charge in [0.05, 0.1) is 32.3 Å².